The van der Waals surface area contributed by atoms with Crippen LogP contribution in [0.4, 0.5) is 0 Å². The molecule has 1 heterocycles. The first-order valence-electron chi connectivity index (χ1n) is 6.12. The first kappa shape index (κ1) is 11.9. The quantitative estimate of drug-likeness (QED) is 0.813. The smallest absolute Gasteiger partial charge is 0.243 e. The minimum atomic E-state index is -0.112. The average Bonchev–Trinajstić information content (AvgIpc) is 2.73. The summed E-state index contributed by atoms with van der Waals surface area (Å²) in [7, 11) is 0. The van der Waals surface area contributed by atoms with E-state index in [-0.39, 0.29) is 11.9 Å². The molecule has 0 spiro atoms. The third kappa shape index (κ3) is 2.25. The summed E-state index contributed by atoms with van der Waals surface area (Å²) in [5, 5.41) is 7.41. The van der Waals surface area contributed by atoms with Gasteiger partial charge in [0.2, 0.25) is 5.91 Å². The summed E-state index contributed by atoms with van der Waals surface area (Å²) in [6.45, 7) is 7.70. The Labute approximate surface area is 102 Å². The molecule has 1 aliphatic rings. The van der Waals surface area contributed by atoms with Gasteiger partial charge in [-0.25, -0.2) is 0 Å². The lowest BCUT2D eigenvalue weighted by Crippen LogP contribution is -2.31. The lowest BCUT2D eigenvalue weighted by molar-refractivity contribution is -0.117. The maximum atomic E-state index is 11.4. The van der Waals surface area contributed by atoms with Gasteiger partial charge in [-0.15, -0.1) is 0 Å². The van der Waals surface area contributed by atoms with Crippen LogP contribution < -0.4 is 5.32 Å². The van der Waals surface area contributed by atoms with E-state index in [2.05, 4.69) is 30.8 Å². The molecule has 1 atom stereocenters. The maximum absolute atomic E-state index is 11.4. The van der Waals surface area contributed by atoms with Crippen molar-refractivity contribution in [2.24, 2.45) is 0 Å². The van der Waals surface area contributed by atoms with Crippen LogP contribution in [0.15, 0.2) is 18.9 Å². The molecular formula is C13H19N3O. The van der Waals surface area contributed by atoms with Crippen molar-refractivity contribution in [3.63, 3.8) is 0 Å². The number of nitrogens with zero attached hydrogens (tertiary/aromatic N) is 2. The lowest BCUT2D eigenvalue weighted by atomic mass is 9.93. The monoisotopic (exact) mass is 233 g/mol. The molecule has 0 aliphatic heterocycles. The highest BCUT2D eigenvalue weighted by molar-refractivity contribution is 5.87. The van der Waals surface area contributed by atoms with Crippen molar-refractivity contribution in [2.45, 2.75) is 45.2 Å². The highest BCUT2D eigenvalue weighted by Gasteiger charge is 2.26. The Balaban J connectivity index is 2.31. The third-order valence-electron chi connectivity index (χ3n) is 3.17. The molecule has 0 radical (unpaired) electrons. The van der Waals surface area contributed by atoms with Crippen LogP contribution in [0.5, 0.6) is 0 Å². The van der Waals surface area contributed by atoms with Crippen molar-refractivity contribution in [3.05, 3.63) is 30.1 Å². The zero-order valence-electron chi connectivity index (χ0n) is 10.4. The highest BCUT2D eigenvalue weighted by Crippen LogP contribution is 2.31. The minimum absolute atomic E-state index is 0.0779. The number of carbonyl (C=O) groups excluding carboxylic acids is 1. The molecule has 1 amide bonds. The van der Waals surface area contributed by atoms with Gasteiger partial charge in [-0.3, -0.25) is 9.48 Å². The number of aryl methyl sites for hydroxylation is 1. The number of aromatic nitrogens is 2. The van der Waals surface area contributed by atoms with E-state index in [1.54, 1.807) is 0 Å². The molecule has 1 N–H and O–H groups in total. The molecule has 0 saturated heterocycles. The van der Waals surface area contributed by atoms with Gasteiger partial charge in [-0.1, -0.05) is 6.58 Å². The van der Waals surface area contributed by atoms with Crippen molar-refractivity contribution < 1.29 is 4.79 Å². The van der Waals surface area contributed by atoms with Crippen LogP contribution in [0.2, 0.25) is 0 Å². The molecule has 0 aromatic carbocycles. The van der Waals surface area contributed by atoms with Gasteiger partial charge in [-0.05, 0) is 44.7 Å². The summed E-state index contributed by atoms with van der Waals surface area (Å²) < 4.78 is 2.02. The fraction of sp³-hybridized carbons (Fsp3) is 0.538. The van der Waals surface area contributed by atoms with Gasteiger partial charge in [0, 0.05) is 6.04 Å². The molecule has 1 aromatic heterocycles. The fourth-order valence-corrected chi connectivity index (χ4v) is 2.40. The Bertz CT molecular complexity index is 434. The lowest BCUT2D eigenvalue weighted by Gasteiger charge is -2.26. The Morgan fingerprint density at radius 1 is 1.71 bits per heavy atom. The molecule has 4 nitrogen and oxygen atoms in total. The van der Waals surface area contributed by atoms with Gasteiger partial charge in [-0.2, -0.15) is 5.10 Å². The predicted octanol–water partition coefficient (Wildman–Crippen LogP) is 2.14. The van der Waals surface area contributed by atoms with Crippen molar-refractivity contribution in [2.75, 3.05) is 0 Å². The maximum Gasteiger partial charge on any atom is 0.243 e. The number of amides is 1. The molecule has 0 bridgehead atoms. The SMILES string of the molecule is C=CC(=O)NC1CCCc2cnn(C(C)C)c21. The van der Waals surface area contributed by atoms with Crippen LogP contribution in [0, 0.1) is 0 Å². The zero-order chi connectivity index (χ0) is 12.4. The first-order chi connectivity index (χ1) is 8.13. The van der Waals surface area contributed by atoms with Crippen LogP contribution in [0.1, 0.15) is 50.0 Å². The molecule has 92 valence electrons. The van der Waals surface area contributed by atoms with E-state index in [1.807, 2.05) is 10.9 Å². The molecule has 2 rings (SSSR count). The normalized spacial score (nSPS) is 18.9. The van der Waals surface area contributed by atoms with E-state index in [0.29, 0.717) is 6.04 Å². The number of nitrogens with one attached hydrogen (secondary N) is 1. The van der Waals surface area contributed by atoms with Crippen LogP contribution in [-0.2, 0) is 11.2 Å². The molecule has 0 saturated carbocycles. The summed E-state index contributed by atoms with van der Waals surface area (Å²) in [6, 6.07) is 0.397. The summed E-state index contributed by atoms with van der Waals surface area (Å²) in [5.74, 6) is -0.112. The van der Waals surface area contributed by atoms with Gasteiger partial charge < -0.3 is 5.32 Å². The topological polar surface area (TPSA) is 46.9 Å². The van der Waals surface area contributed by atoms with Gasteiger partial charge in [0.15, 0.2) is 0 Å². The predicted molar refractivity (Wildman–Crippen MR) is 66.6 cm³/mol. The Morgan fingerprint density at radius 3 is 3.12 bits per heavy atom. The standard InChI is InChI=1S/C13H19N3O/c1-4-12(17)15-11-7-5-6-10-8-14-16(9(2)3)13(10)11/h4,8-9,11H,1,5-7H2,2-3H3,(H,15,17). The summed E-state index contributed by atoms with van der Waals surface area (Å²) >= 11 is 0. The second-order valence-corrected chi connectivity index (χ2v) is 4.75. The second kappa shape index (κ2) is 4.73. The number of rotatable bonds is 3. The van der Waals surface area contributed by atoms with E-state index in [0.717, 1.165) is 19.3 Å². The Kier molecular flexibility index (Phi) is 3.31. The van der Waals surface area contributed by atoms with E-state index in [4.69, 9.17) is 0 Å². The number of carbonyl (C=O) groups is 1. The van der Waals surface area contributed by atoms with Crippen LogP contribution in [0.3, 0.4) is 0 Å². The molecule has 1 aliphatic carbocycles. The molecule has 1 aromatic rings. The second-order valence-electron chi connectivity index (χ2n) is 4.75. The number of fused-ring (bicyclic) bond motifs is 1. The first-order valence-corrected chi connectivity index (χ1v) is 6.12. The van der Waals surface area contributed by atoms with E-state index in [1.165, 1.54) is 17.3 Å². The summed E-state index contributed by atoms with van der Waals surface area (Å²) in [5.41, 5.74) is 2.43. The van der Waals surface area contributed by atoms with E-state index in [9.17, 15) is 4.79 Å². The van der Waals surface area contributed by atoms with Crippen molar-refractivity contribution >= 4 is 5.91 Å². The summed E-state index contributed by atoms with van der Waals surface area (Å²) in [6.07, 6.45) is 6.39. The van der Waals surface area contributed by atoms with E-state index >= 15 is 0 Å². The van der Waals surface area contributed by atoms with Crippen molar-refractivity contribution in [1.29, 1.82) is 0 Å². The number of hydrogen-bond donors (Lipinski definition) is 1. The van der Waals surface area contributed by atoms with Crippen LogP contribution in [-0.4, -0.2) is 15.7 Å². The Hall–Kier alpha value is -1.58. The van der Waals surface area contributed by atoms with Gasteiger partial charge in [0.1, 0.15) is 0 Å². The fourth-order valence-electron chi connectivity index (χ4n) is 2.40. The Morgan fingerprint density at radius 2 is 2.47 bits per heavy atom. The van der Waals surface area contributed by atoms with Crippen molar-refractivity contribution in [3.8, 4) is 0 Å². The molecule has 17 heavy (non-hydrogen) atoms. The largest absolute Gasteiger partial charge is 0.344 e. The van der Waals surface area contributed by atoms with Gasteiger partial charge in [0.25, 0.3) is 0 Å². The number of hydrogen-bond acceptors (Lipinski definition) is 2. The zero-order valence-corrected chi connectivity index (χ0v) is 10.4. The minimum Gasteiger partial charge on any atom is -0.344 e. The molecule has 0 fully saturated rings. The van der Waals surface area contributed by atoms with Crippen LogP contribution in [0.25, 0.3) is 0 Å². The average molecular weight is 233 g/mol. The highest BCUT2D eigenvalue weighted by atomic mass is 16.1. The summed E-state index contributed by atoms with van der Waals surface area (Å²) in [4.78, 5) is 11.4. The third-order valence-corrected chi connectivity index (χ3v) is 3.17. The van der Waals surface area contributed by atoms with Gasteiger partial charge in [0.05, 0.1) is 17.9 Å². The molecule has 1 unspecified atom stereocenters. The van der Waals surface area contributed by atoms with Crippen molar-refractivity contribution in [1.82, 2.24) is 15.1 Å². The van der Waals surface area contributed by atoms with Crippen LogP contribution >= 0.6 is 0 Å². The van der Waals surface area contributed by atoms with Gasteiger partial charge >= 0.3 is 0 Å². The molecule has 4 heteroatoms. The van der Waals surface area contributed by atoms with E-state index < -0.39 is 0 Å². The molecular weight excluding hydrogens is 214 g/mol.